The molecular weight excluding hydrogens is 628 g/mol. The Hall–Kier alpha value is -3.52. The maximum atomic E-state index is 13.1. The number of nitrogens with two attached hydrogens (primary N) is 2. The summed E-state index contributed by atoms with van der Waals surface area (Å²) in [6, 6.07) is -7.58. The SMILES string of the molecule is NCCCC[C@H](NC(=O)[C@H](CC(=O)O)NC(=O)[C@H](CS)NC(=O)[C@H](CO)NC(=O)[C@H](CCCCN)NC(=O)[C@@H]1CCCN1)C(=O)O. The summed E-state index contributed by atoms with van der Waals surface area (Å²) in [4.78, 5) is 87.4. The van der Waals surface area contributed by atoms with Crippen LogP contribution >= 0.6 is 12.6 Å². The van der Waals surface area contributed by atoms with E-state index in [0.717, 1.165) is 6.42 Å². The molecule has 0 aromatic heterocycles. The number of nitrogens with one attached hydrogen (secondary N) is 6. The number of hydrogen-bond acceptors (Lipinski definition) is 12. The quantitative estimate of drug-likeness (QED) is 0.0362. The number of carbonyl (C=O) groups is 7. The van der Waals surface area contributed by atoms with Gasteiger partial charge in [0.05, 0.1) is 19.1 Å². The second kappa shape index (κ2) is 22.1. The predicted molar refractivity (Wildman–Crippen MR) is 167 cm³/mol. The molecule has 1 aliphatic rings. The van der Waals surface area contributed by atoms with Crippen molar-refractivity contribution in [1.82, 2.24) is 31.9 Å². The zero-order valence-corrected chi connectivity index (χ0v) is 26.6. The van der Waals surface area contributed by atoms with E-state index in [2.05, 4.69) is 44.5 Å². The molecule has 18 nitrogen and oxygen atoms in total. The lowest BCUT2D eigenvalue weighted by Gasteiger charge is -2.26. The van der Waals surface area contributed by atoms with E-state index in [0.29, 0.717) is 51.7 Å². The minimum atomic E-state index is -1.71. The first-order valence-corrected chi connectivity index (χ1v) is 15.8. The Labute approximate surface area is 272 Å². The molecule has 262 valence electrons. The van der Waals surface area contributed by atoms with Gasteiger partial charge in [0.2, 0.25) is 29.5 Å². The van der Waals surface area contributed by atoms with Crippen LogP contribution in [-0.4, -0.2) is 125 Å². The largest absolute Gasteiger partial charge is 0.481 e. The number of rotatable bonds is 23. The fraction of sp³-hybridized carbons (Fsp3) is 0.741. The average Bonchev–Trinajstić information content (AvgIpc) is 3.56. The van der Waals surface area contributed by atoms with E-state index in [1.165, 1.54) is 0 Å². The van der Waals surface area contributed by atoms with E-state index >= 15 is 0 Å². The van der Waals surface area contributed by atoms with Crippen LogP contribution in [0.3, 0.4) is 0 Å². The first-order chi connectivity index (χ1) is 21.9. The van der Waals surface area contributed by atoms with Gasteiger partial charge in [-0.25, -0.2) is 4.79 Å². The van der Waals surface area contributed by atoms with Crippen LogP contribution in [0.5, 0.6) is 0 Å². The zero-order chi connectivity index (χ0) is 34.6. The van der Waals surface area contributed by atoms with Crippen molar-refractivity contribution in [2.24, 2.45) is 11.5 Å². The van der Waals surface area contributed by atoms with Gasteiger partial charge in [0.25, 0.3) is 0 Å². The molecule has 5 amide bonds. The Morgan fingerprint density at radius 2 is 1.22 bits per heavy atom. The first kappa shape index (κ1) is 40.5. The van der Waals surface area contributed by atoms with Gasteiger partial charge in [-0.1, -0.05) is 0 Å². The number of thiol groups is 1. The lowest BCUT2D eigenvalue weighted by molar-refractivity contribution is -0.143. The Kier molecular flexibility index (Phi) is 19.4. The Morgan fingerprint density at radius 3 is 1.72 bits per heavy atom. The van der Waals surface area contributed by atoms with Crippen molar-refractivity contribution in [1.29, 1.82) is 0 Å². The van der Waals surface area contributed by atoms with Crippen molar-refractivity contribution in [3.05, 3.63) is 0 Å². The number of unbranched alkanes of at least 4 members (excludes halogenated alkanes) is 2. The Morgan fingerprint density at radius 1 is 0.717 bits per heavy atom. The van der Waals surface area contributed by atoms with Crippen LogP contribution in [0.4, 0.5) is 0 Å². The summed E-state index contributed by atoms with van der Waals surface area (Å²) in [7, 11) is 0. The number of aliphatic carboxylic acids is 2. The van der Waals surface area contributed by atoms with E-state index in [9.17, 15) is 48.9 Å². The maximum Gasteiger partial charge on any atom is 0.326 e. The molecule has 0 spiro atoms. The van der Waals surface area contributed by atoms with Gasteiger partial charge in [-0.05, 0) is 71.0 Å². The highest BCUT2D eigenvalue weighted by molar-refractivity contribution is 7.80. The van der Waals surface area contributed by atoms with Crippen LogP contribution in [0.2, 0.25) is 0 Å². The van der Waals surface area contributed by atoms with Crippen LogP contribution in [-0.2, 0) is 33.6 Å². The van der Waals surface area contributed by atoms with E-state index in [1.54, 1.807) is 0 Å². The van der Waals surface area contributed by atoms with Gasteiger partial charge in [-0.2, -0.15) is 12.6 Å². The molecule has 0 aromatic carbocycles. The van der Waals surface area contributed by atoms with Gasteiger partial charge < -0.3 is 58.7 Å². The third-order valence-electron chi connectivity index (χ3n) is 7.16. The second-order valence-corrected chi connectivity index (χ2v) is 11.2. The molecular formula is C27H48N8O10S. The lowest BCUT2D eigenvalue weighted by atomic mass is 10.1. The standard InChI is InChI=1S/C27H48N8O10S/c28-9-3-1-6-16(31-22(39)15-8-5-11-30-15)23(40)34-19(13-36)25(42)35-20(14-46)26(43)33-18(12-21(37)38)24(41)32-17(27(44)45)7-2-4-10-29/h15-20,30,36,46H,1-14,28-29H2,(H,31,39)(H,32,41)(H,33,43)(H,34,40)(H,35,42)(H,37,38)(H,44,45)/t15-,16-,17-,18-,19-,20-/m0/s1. The van der Waals surface area contributed by atoms with Crippen LogP contribution < -0.4 is 43.4 Å². The van der Waals surface area contributed by atoms with Crippen molar-refractivity contribution < 1.29 is 48.9 Å². The van der Waals surface area contributed by atoms with Gasteiger partial charge >= 0.3 is 11.9 Å². The molecule has 1 fully saturated rings. The highest BCUT2D eigenvalue weighted by atomic mass is 32.1. The highest BCUT2D eigenvalue weighted by Gasteiger charge is 2.33. The van der Waals surface area contributed by atoms with Gasteiger partial charge in [-0.3, -0.25) is 28.8 Å². The van der Waals surface area contributed by atoms with Gasteiger partial charge in [0.15, 0.2) is 0 Å². The molecule has 1 aliphatic heterocycles. The van der Waals surface area contributed by atoms with Crippen LogP contribution in [0.15, 0.2) is 0 Å². The molecule has 0 unspecified atom stereocenters. The topological polar surface area (TPSA) is 304 Å². The predicted octanol–water partition coefficient (Wildman–Crippen LogP) is -4.10. The molecule has 0 bridgehead atoms. The third-order valence-corrected chi connectivity index (χ3v) is 7.53. The molecule has 46 heavy (non-hydrogen) atoms. The number of carboxylic acids is 2. The first-order valence-electron chi connectivity index (χ1n) is 15.2. The van der Waals surface area contributed by atoms with Crippen LogP contribution in [0.1, 0.15) is 57.8 Å². The smallest absolute Gasteiger partial charge is 0.326 e. The van der Waals surface area contributed by atoms with Crippen molar-refractivity contribution in [2.75, 3.05) is 32.0 Å². The summed E-state index contributed by atoms with van der Waals surface area (Å²) < 4.78 is 0. The monoisotopic (exact) mass is 676 g/mol. The fourth-order valence-corrected chi connectivity index (χ4v) is 4.81. The van der Waals surface area contributed by atoms with Crippen LogP contribution in [0.25, 0.3) is 0 Å². The summed E-state index contributed by atoms with van der Waals surface area (Å²) in [6.45, 7) is 0.455. The van der Waals surface area contributed by atoms with Gasteiger partial charge in [-0.15, -0.1) is 0 Å². The minimum absolute atomic E-state index is 0.0185. The normalized spacial score (nSPS) is 17.4. The number of aliphatic hydroxyl groups excluding tert-OH is 1. The Balaban J connectivity index is 2.93. The molecule has 13 N–H and O–H groups in total. The van der Waals surface area contributed by atoms with E-state index in [-0.39, 0.29) is 24.5 Å². The summed E-state index contributed by atoms with van der Waals surface area (Å²) in [5.74, 6) is -7.40. The molecule has 0 aromatic rings. The maximum absolute atomic E-state index is 13.1. The second-order valence-electron chi connectivity index (χ2n) is 10.8. The summed E-state index contributed by atoms with van der Waals surface area (Å²) >= 11 is 4.04. The number of hydrogen-bond donors (Lipinski definition) is 12. The third kappa shape index (κ3) is 14.7. The van der Waals surface area contributed by atoms with E-state index in [1.807, 2.05) is 0 Å². The molecule has 1 saturated heterocycles. The van der Waals surface area contributed by atoms with E-state index in [4.69, 9.17) is 11.5 Å². The lowest BCUT2D eigenvalue weighted by Crippen LogP contribution is -2.60. The highest BCUT2D eigenvalue weighted by Crippen LogP contribution is 2.08. The molecule has 19 heteroatoms. The fourth-order valence-electron chi connectivity index (χ4n) is 4.55. The summed E-state index contributed by atoms with van der Waals surface area (Å²) in [6.07, 6.45) is 2.68. The van der Waals surface area contributed by atoms with E-state index < -0.39 is 84.8 Å². The van der Waals surface area contributed by atoms with Gasteiger partial charge in [0.1, 0.15) is 30.2 Å². The van der Waals surface area contributed by atoms with Crippen molar-refractivity contribution >= 4 is 54.1 Å². The summed E-state index contributed by atoms with van der Waals surface area (Å²) in [5.41, 5.74) is 11.0. The molecule has 1 heterocycles. The van der Waals surface area contributed by atoms with Crippen molar-refractivity contribution in [2.45, 2.75) is 94.0 Å². The molecule has 6 atom stereocenters. The van der Waals surface area contributed by atoms with Crippen LogP contribution in [0, 0.1) is 0 Å². The zero-order valence-electron chi connectivity index (χ0n) is 25.7. The number of amides is 5. The Bertz CT molecular complexity index is 1050. The summed E-state index contributed by atoms with van der Waals surface area (Å²) in [5, 5.41) is 43.3. The molecule has 1 rings (SSSR count). The van der Waals surface area contributed by atoms with Crippen molar-refractivity contribution in [3.63, 3.8) is 0 Å². The molecule has 0 aliphatic carbocycles. The number of carboxylic acid groups (broad SMARTS) is 2. The molecule has 0 saturated carbocycles. The van der Waals surface area contributed by atoms with Crippen molar-refractivity contribution in [3.8, 4) is 0 Å². The number of aliphatic hydroxyl groups is 1. The molecule has 0 radical (unpaired) electrons. The minimum Gasteiger partial charge on any atom is -0.481 e. The number of carbonyl (C=O) groups excluding carboxylic acids is 5. The average molecular weight is 677 g/mol. The van der Waals surface area contributed by atoms with Gasteiger partial charge in [0, 0.05) is 5.75 Å².